The Labute approximate surface area is 171 Å². The fraction of sp³-hybridized carbons (Fsp3) is 0.381. The molecule has 0 fully saturated rings. The van der Waals surface area contributed by atoms with E-state index in [4.69, 9.17) is 14.5 Å². The standard InChI is InChI=1S/C21H26N4O2.ClH/c1-3-24(4-2)11-12-25-18-8-6-5-7-17(18)23-21(25)22-14-16-9-10-19-20(13-16)27-15-26-19;/h5-10,13H,3-4,11-12,14-15H2,1-2H3,(H,22,23);1H/p-1. The van der Waals surface area contributed by atoms with Gasteiger partial charge in [0.1, 0.15) is 0 Å². The van der Waals surface area contributed by atoms with Crippen LogP contribution in [-0.4, -0.2) is 40.9 Å². The van der Waals surface area contributed by atoms with Crippen molar-refractivity contribution in [3.05, 3.63) is 48.0 Å². The first-order chi connectivity index (χ1) is 13.3. The van der Waals surface area contributed by atoms with Crippen LogP contribution in [0.2, 0.25) is 0 Å². The van der Waals surface area contributed by atoms with E-state index in [2.05, 4.69) is 52.9 Å². The van der Waals surface area contributed by atoms with Crippen molar-refractivity contribution in [2.45, 2.75) is 26.9 Å². The van der Waals surface area contributed by atoms with Gasteiger partial charge in [-0.05, 0) is 42.9 Å². The highest BCUT2D eigenvalue weighted by molar-refractivity contribution is 5.78. The number of para-hydroxylation sites is 2. The van der Waals surface area contributed by atoms with Crippen LogP contribution in [-0.2, 0) is 13.1 Å². The van der Waals surface area contributed by atoms with Crippen molar-refractivity contribution in [1.82, 2.24) is 14.5 Å². The molecule has 1 aromatic heterocycles. The number of nitrogens with zero attached hydrogens (tertiary/aromatic N) is 3. The lowest BCUT2D eigenvalue weighted by Crippen LogP contribution is -3.00. The Morgan fingerprint density at radius 1 is 1.07 bits per heavy atom. The van der Waals surface area contributed by atoms with Gasteiger partial charge in [0, 0.05) is 19.6 Å². The van der Waals surface area contributed by atoms with Crippen molar-refractivity contribution >= 4 is 17.0 Å². The smallest absolute Gasteiger partial charge is 0.231 e. The van der Waals surface area contributed by atoms with Crippen LogP contribution in [0, 0.1) is 0 Å². The van der Waals surface area contributed by atoms with Crippen LogP contribution in [0.4, 0.5) is 5.95 Å². The number of aromatic nitrogens is 2. The van der Waals surface area contributed by atoms with E-state index >= 15 is 0 Å². The number of fused-ring (bicyclic) bond motifs is 2. The quantitative estimate of drug-likeness (QED) is 0.603. The molecule has 0 saturated carbocycles. The highest BCUT2D eigenvalue weighted by Gasteiger charge is 2.14. The summed E-state index contributed by atoms with van der Waals surface area (Å²) in [7, 11) is 0. The minimum absolute atomic E-state index is 0. The normalized spacial score (nSPS) is 12.4. The second-order valence-corrected chi connectivity index (χ2v) is 6.64. The number of halogens is 1. The predicted molar refractivity (Wildman–Crippen MR) is 107 cm³/mol. The van der Waals surface area contributed by atoms with Crippen LogP contribution in [0.25, 0.3) is 11.0 Å². The monoisotopic (exact) mass is 401 g/mol. The number of likely N-dealkylation sites (N-methyl/N-ethyl adjacent to an activating group) is 1. The fourth-order valence-electron chi connectivity index (χ4n) is 3.45. The van der Waals surface area contributed by atoms with Gasteiger partial charge in [0.05, 0.1) is 11.0 Å². The van der Waals surface area contributed by atoms with Crippen molar-refractivity contribution < 1.29 is 21.9 Å². The van der Waals surface area contributed by atoms with Crippen molar-refractivity contribution in [3.8, 4) is 11.5 Å². The molecule has 3 aromatic rings. The van der Waals surface area contributed by atoms with Crippen LogP contribution in [0.1, 0.15) is 19.4 Å². The Morgan fingerprint density at radius 2 is 1.86 bits per heavy atom. The largest absolute Gasteiger partial charge is 1.00 e. The Morgan fingerprint density at radius 3 is 2.68 bits per heavy atom. The molecule has 2 aromatic carbocycles. The van der Waals surface area contributed by atoms with E-state index in [1.807, 2.05) is 18.2 Å². The van der Waals surface area contributed by atoms with E-state index in [1.165, 1.54) is 0 Å². The molecule has 7 heteroatoms. The number of nitrogens with one attached hydrogen (secondary N) is 1. The summed E-state index contributed by atoms with van der Waals surface area (Å²) in [6.45, 7) is 9.42. The first-order valence-corrected chi connectivity index (χ1v) is 9.58. The molecule has 1 N–H and O–H groups in total. The Balaban J connectivity index is 0.00000225. The van der Waals surface area contributed by atoms with E-state index in [0.29, 0.717) is 13.3 Å². The molecule has 6 nitrogen and oxygen atoms in total. The van der Waals surface area contributed by atoms with Gasteiger partial charge in [0.2, 0.25) is 12.7 Å². The van der Waals surface area contributed by atoms with E-state index < -0.39 is 0 Å². The number of hydrogen-bond donors (Lipinski definition) is 1. The third-order valence-electron chi connectivity index (χ3n) is 5.08. The van der Waals surface area contributed by atoms with Gasteiger partial charge in [0.15, 0.2) is 11.5 Å². The summed E-state index contributed by atoms with van der Waals surface area (Å²) >= 11 is 0. The average Bonchev–Trinajstić information content (AvgIpc) is 3.31. The number of ether oxygens (including phenoxy) is 2. The molecule has 1 aliphatic rings. The molecular formula is C21H26ClN4O2-. The number of imidazole rings is 1. The van der Waals surface area contributed by atoms with Gasteiger partial charge < -0.3 is 36.7 Å². The highest BCUT2D eigenvalue weighted by Crippen LogP contribution is 2.32. The van der Waals surface area contributed by atoms with E-state index in [9.17, 15) is 0 Å². The van der Waals surface area contributed by atoms with Crippen molar-refractivity contribution in [3.63, 3.8) is 0 Å². The fourth-order valence-corrected chi connectivity index (χ4v) is 3.45. The Bertz CT molecular complexity index is 924. The molecule has 0 radical (unpaired) electrons. The van der Waals surface area contributed by atoms with Gasteiger partial charge >= 0.3 is 0 Å². The molecule has 150 valence electrons. The van der Waals surface area contributed by atoms with Gasteiger partial charge in [0.25, 0.3) is 0 Å². The highest BCUT2D eigenvalue weighted by atomic mass is 35.5. The first kappa shape index (κ1) is 20.3. The van der Waals surface area contributed by atoms with Crippen molar-refractivity contribution in [2.24, 2.45) is 0 Å². The molecule has 0 amide bonds. The van der Waals surface area contributed by atoms with E-state index in [0.717, 1.165) is 60.2 Å². The van der Waals surface area contributed by atoms with Gasteiger partial charge in [-0.3, -0.25) is 0 Å². The van der Waals surface area contributed by atoms with Crippen molar-refractivity contribution in [2.75, 3.05) is 31.7 Å². The molecule has 0 bridgehead atoms. The lowest BCUT2D eigenvalue weighted by atomic mass is 10.2. The molecule has 0 aliphatic carbocycles. The van der Waals surface area contributed by atoms with Crippen LogP contribution >= 0.6 is 0 Å². The minimum Gasteiger partial charge on any atom is -1.00 e. The van der Waals surface area contributed by atoms with E-state index in [-0.39, 0.29) is 12.4 Å². The summed E-state index contributed by atoms with van der Waals surface area (Å²) in [4.78, 5) is 7.23. The summed E-state index contributed by atoms with van der Waals surface area (Å²) < 4.78 is 13.1. The summed E-state index contributed by atoms with van der Waals surface area (Å²) in [5.74, 6) is 2.52. The maximum absolute atomic E-state index is 5.48. The summed E-state index contributed by atoms with van der Waals surface area (Å²) in [5, 5.41) is 3.51. The van der Waals surface area contributed by atoms with Crippen LogP contribution in [0.5, 0.6) is 11.5 Å². The summed E-state index contributed by atoms with van der Waals surface area (Å²) in [5.41, 5.74) is 3.32. The summed E-state index contributed by atoms with van der Waals surface area (Å²) in [6.07, 6.45) is 0. The van der Waals surface area contributed by atoms with Crippen molar-refractivity contribution in [1.29, 1.82) is 0 Å². The van der Waals surface area contributed by atoms with Gasteiger partial charge in [-0.25, -0.2) is 4.98 Å². The third-order valence-corrected chi connectivity index (χ3v) is 5.08. The lowest BCUT2D eigenvalue weighted by molar-refractivity contribution is -0.00000720. The zero-order valence-corrected chi connectivity index (χ0v) is 17.1. The maximum atomic E-state index is 5.48. The zero-order valence-electron chi connectivity index (χ0n) is 16.3. The Kier molecular flexibility index (Phi) is 6.65. The molecule has 0 unspecified atom stereocenters. The number of anilines is 1. The van der Waals surface area contributed by atoms with Crippen LogP contribution < -0.4 is 27.2 Å². The average molecular weight is 402 g/mol. The predicted octanol–water partition coefficient (Wildman–Crippen LogP) is 0.723. The number of benzene rings is 2. The van der Waals surface area contributed by atoms with E-state index in [1.54, 1.807) is 0 Å². The van der Waals surface area contributed by atoms with Gasteiger partial charge in [-0.2, -0.15) is 0 Å². The topological polar surface area (TPSA) is 51.5 Å². The summed E-state index contributed by atoms with van der Waals surface area (Å²) in [6, 6.07) is 14.3. The van der Waals surface area contributed by atoms with Gasteiger partial charge in [-0.15, -0.1) is 0 Å². The molecule has 0 atom stereocenters. The number of rotatable bonds is 8. The molecule has 4 rings (SSSR count). The molecule has 28 heavy (non-hydrogen) atoms. The molecule has 0 spiro atoms. The lowest BCUT2D eigenvalue weighted by Gasteiger charge is -2.19. The second kappa shape index (κ2) is 9.17. The molecule has 0 saturated heterocycles. The van der Waals surface area contributed by atoms with Gasteiger partial charge in [-0.1, -0.05) is 32.0 Å². The first-order valence-electron chi connectivity index (χ1n) is 9.58. The zero-order chi connectivity index (χ0) is 18.6. The molecule has 1 aliphatic heterocycles. The SMILES string of the molecule is CCN(CC)CCn1c(NCc2ccc3c(c2)OCO3)nc2ccccc21.[Cl-]. The molecular weight excluding hydrogens is 376 g/mol. The molecule has 2 heterocycles. The second-order valence-electron chi connectivity index (χ2n) is 6.64. The van der Waals surface area contributed by atoms with Crippen LogP contribution in [0.3, 0.4) is 0 Å². The third kappa shape index (κ3) is 4.18. The van der Waals surface area contributed by atoms with Crippen LogP contribution in [0.15, 0.2) is 42.5 Å². The number of hydrogen-bond acceptors (Lipinski definition) is 5. The maximum Gasteiger partial charge on any atom is 0.231 e. The Hall–Kier alpha value is -2.44. The minimum atomic E-state index is 0.